The zero-order chi connectivity index (χ0) is 17.1. The van der Waals surface area contributed by atoms with Gasteiger partial charge in [0.25, 0.3) is 0 Å². The highest BCUT2D eigenvalue weighted by molar-refractivity contribution is 7.99. The molecule has 1 aliphatic heterocycles. The molecule has 1 fully saturated rings. The molecule has 1 atom stereocenters. The summed E-state index contributed by atoms with van der Waals surface area (Å²) in [6, 6.07) is 6.48. The number of likely N-dealkylation sites (tertiary alicyclic amines) is 1. The van der Waals surface area contributed by atoms with Crippen LogP contribution < -0.4 is 0 Å². The van der Waals surface area contributed by atoms with Gasteiger partial charge in [-0.1, -0.05) is 30.8 Å². The third-order valence-corrected chi connectivity index (χ3v) is 5.29. The van der Waals surface area contributed by atoms with Crippen molar-refractivity contribution in [1.82, 2.24) is 19.7 Å². The van der Waals surface area contributed by atoms with E-state index in [4.69, 9.17) is 0 Å². The maximum Gasteiger partial charge on any atom is 0.233 e. The lowest BCUT2D eigenvalue weighted by molar-refractivity contribution is -0.130. The van der Waals surface area contributed by atoms with Crippen molar-refractivity contribution in [3.8, 4) is 11.4 Å². The average Bonchev–Trinajstić information content (AvgIpc) is 2.94. The molecule has 1 saturated heterocycles. The third-order valence-electron chi connectivity index (χ3n) is 4.28. The lowest BCUT2D eigenvalue weighted by atomic mass is 10.0. The van der Waals surface area contributed by atoms with Crippen molar-refractivity contribution in [1.29, 1.82) is 0 Å². The lowest BCUT2D eigenvalue weighted by Crippen LogP contribution is -2.40. The maximum atomic E-state index is 13.9. The monoisotopic (exact) mass is 348 g/mol. The van der Waals surface area contributed by atoms with Gasteiger partial charge in [-0.15, -0.1) is 10.2 Å². The minimum Gasteiger partial charge on any atom is -0.342 e. The zero-order valence-electron chi connectivity index (χ0n) is 13.9. The van der Waals surface area contributed by atoms with E-state index in [0.29, 0.717) is 28.2 Å². The van der Waals surface area contributed by atoms with Crippen molar-refractivity contribution in [3.05, 3.63) is 30.1 Å². The molecule has 1 aliphatic rings. The van der Waals surface area contributed by atoms with Crippen LogP contribution in [0.15, 0.2) is 29.4 Å². The van der Waals surface area contributed by atoms with E-state index in [1.165, 1.54) is 24.2 Å². The Kier molecular flexibility index (Phi) is 5.18. The molecule has 0 radical (unpaired) electrons. The molecule has 0 bridgehead atoms. The Balaban J connectivity index is 1.66. The van der Waals surface area contributed by atoms with E-state index in [-0.39, 0.29) is 11.7 Å². The summed E-state index contributed by atoms with van der Waals surface area (Å²) < 4.78 is 15.6. The predicted molar refractivity (Wildman–Crippen MR) is 92.1 cm³/mol. The Hall–Kier alpha value is -1.89. The van der Waals surface area contributed by atoms with Crippen LogP contribution in [-0.4, -0.2) is 44.4 Å². The van der Waals surface area contributed by atoms with Gasteiger partial charge in [0, 0.05) is 20.1 Å². The van der Waals surface area contributed by atoms with Gasteiger partial charge in [0.1, 0.15) is 5.82 Å². The first-order valence-corrected chi connectivity index (χ1v) is 9.09. The summed E-state index contributed by atoms with van der Waals surface area (Å²) in [5.74, 6) is 1.16. The molecule has 1 aromatic heterocycles. The molecule has 0 saturated carbocycles. The molecule has 1 aromatic carbocycles. The summed E-state index contributed by atoms with van der Waals surface area (Å²) in [5, 5.41) is 8.80. The molecule has 0 unspecified atom stereocenters. The van der Waals surface area contributed by atoms with E-state index in [1.807, 2.05) is 4.90 Å². The number of amides is 1. The van der Waals surface area contributed by atoms with Crippen LogP contribution in [0.25, 0.3) is 11.4 Å². The van der Waals surface area contributed by atoms with E-state index >= 15 is 0 Å². The van der Waals surface area contributed by atoms with Gasteiger partial charge in [0.2, 0.25) is 5.91 Å². The number of aromatic nitrogens is 3. The van der Waals surface area contributed by atoms with Crippen LogP contribution in [0.3, 0.4) is 0 Å². The van der Waals surface area contributed by atoms with E-state index in [0.717, 1.165) is 19.5 Å². The quantitative estimate of drug-likeness (QED) is 0.797. The average molecular weight is 348 g/mol. The molecule has 0 aliphatic carbocycles. The number of piperidine rings is 1. The fourth-order valence-electron chi connectivity index (χ4n) is 2.95. The summed E-state index contributed by atoms with van der Waals surface area (Å²) in [7, 11) is 1.79. The maximum absolute atomic E-state index is 13.9. The Labute approximate surface area is 145 Å². The minimum absolute atomic E-state index is 0.127. The third kappa shape index (κ3) is 3.61. The molecular formula is C17H21FN4OS. The number of thioether (sulfide) groups is 1. The van der Waals surface area contributed by atoms with Gasteiger partial charge in [-0.2, -0.15) is 0 Å². The molecule has 2 heterocycles. The zero-order valence-corrected chi connectivity index (χ0v) is 14.7. The molecular weight excluding hydrogens is 327 g/mol. The van der Waals surface area contributed by atoms with Gasteiger partial charge < -0.3 is 9.47 Å². The van der Waals surface area contributed by atoms with Gasteiger partial charge in [0.15, 0.2) is 11.0 Å². The second kappa shape index (κ2) is 7.34. The molecule has 7 heteroatoms. The topological polar surface area (TPSA) is 51.0 Å². The van der Waals surface area contributed by atoms with Crippen LogP contribution in [0, 0.1) is 11.7 Å². The van der Waals surface area contributed by atoms with Crippen molar-refractivity contribution in [3.63, 3.8) is 0 Å². The van der Waals surface area contributed by atoms with Crippen LogP contribution in [0.5, 0.6) is 0 Å². The van der Waals surface area contributed by atoms with Crippen LogP contribution >= 0.6 is 11.8 Å². The lowest BCUT2D eigenvalue weighted by Gasteiger charge is -2.30. The van der Waals surface area contributed by atoms with E-state index < -0.39 is 0 Å². The summed E-state index contributed by atoms with van der Waals surface area (Å²) in [4.78, 5) is 14.3. The Morgan fingerprint density at radius 3 is 2.92 bits per heavy atom. The summed E-state index contributed by atoms with van der Waals surface area (Å²) in [6.45, 7) is 3.84. The first kappa shape index (κ1) is 17.0. The van der Waals surface area contributed by atoms with Gasteiger partial charge >= 0.3 is 0 Å². The molecule has 3 rings (SSSR count). The number of hydrogen-bond donors (Lipinski definition) is 0. The highest BCUT2D eigenvalue weighted by Crippen LogP contribution is 2.25. The molecule has 24 heavy (non-hydrogen) atoms. The predicted octanol–water partition coefficient (Wildman–Crippen LogP) is 2.97. The summed E-state index contributed by atoms with van der Waals surface area (Å²) >= 11 is 1.35. The van der Waals surface area contributed by atoms with Crippen molar-refractivity contribution in [2.24, 2.45) is 13.0 Å². The number of rotatable bonds is 4. The SMILES string of the molecule is C[C@@H]1CCCN(C(=O)CSc2nnc(-c3ccccc3F)n2C)C1. The number of hydrogen-bond acceptors (Lipinski definition) is 4. The van der Waals surface area contributed by atoms with Gasteiger partial charge in [-0.05, 0) is 30.9 Å². The van der Waals surface area contributed by atoms with Crippen LogP contribution in [0.2, 0.25) is 0 Å². The second-order valence-corrected chi connectivity index (χ2v) is 7.16. The summed E-state index contributed by atoms with van der Waals surface area (Å²) in [6.07, 6.45) is 2.26. The fourth-order valence-corrected chi connectivity index (χ4v) is 3.77. The number of nitrogens with zero attached hydrogens (tertiary/aromatic N) is 4. The van der Waals surface area contributed by atoms with Gasteiger partial charge in [0.05, 0.1) is 11.3 Å². The number of carbonyl (C=O) groups is 1. The summed E-state index contributed by atoms with van der Waals surface area (Å²) in [5.41, 5.74) is 0.413. The van der Waals surface area contributed by atoms with E-state index in [2.05, 4.69) is 17.1 Å². The molecule has 128 valence electrons. The van der Waals surface area contributed by atoms with Crippen LogP contribution in [0.1, 0.15) is 19.8 Å². The molecule has 0 spiro atoms. The number of halogens is 1. The Bertz CT molecular complexity index is 733. The van der Waals surface area contributed by atoms with Crippen molar-refractivity contribution in [2.75, 3.05) is 18.8 Å². The number of carbonyl (C=O) groups excluding carboxylic acids is 1. The number of benzene rings is 1. The first-order chi connectivity index (χ1) is 11.6. The first-order valence-electron chi connectivity index (χ1n) is 8.11. The standard InChI is InChI=1S/C17H21FN4OS/c1-12-6-5-9-22(10-12)15(23)11-24-17-20-19-16(21(17)2)13-7-3-4-8-14(13)18/h3-4,7-8,12H,5-6,9-11H2,1-2H3/t12-/m1/s1. The van der Waals surface area contributed by atoms with Crippen molar-refractivity contribution in [2.45, 2.75) is 24.9 Å². The smallest absolute Gasteiger partial charge is 0.233 e. The van der Waals surface area contributed by atoms with Gasteiger partial charge in [-0.3, -0.25) is 4.79 Å². The second-order valence-electron chi connectivity index (χ2n) is 6.22. The molecule has 1 amide bonds. The molecule has 2 aromatic rings. The minimum atomic E-state index is -0.331. The van der Waals surface area contributed by atoms with Crippen LogP contribution in [0.4, 0.5) is 4.39 Å². The normalized spacial score (nSPS) is 18.0. The molecule has 5 nitrogen and oxygen atoms in total. The largest absolute Gasteiger partial charge is 0.342 e. The van der Waals surface area contributed by atoms with E-state index in [1.54, 1.807) is 29.8 Å². The Morgan fingerprint density at radius 1 is 1.38 bits per heavy atom. The van der Waals surface area contributed by atoms with E-state index in [9.17, 15) is 9.18 Å². The molecule has 0 N–H and O–H groups in total. The Morgan fingerprint density at radius 2 is 2.17 bits per heavy atom. The van der Waals surface area contributed by atoms with Crippen molar-refractivity contribution < 1.29 is 9.18 Å². The highest BCUT2D eigenvalue weighted by Gasteiger charge is 2.22. The van der Waals surface area contributed by atoms with Gasteiger partial charge in [-0.25, -0.2) is 4.39 Å². The highest BCUT2D eigenvalue weighted by atomic mass is 32.2. The van der Waals surface area contributed by atoms with Crippen molar-refractivity contribution >= 4 is 17.7 Å². The fraction of sp³-hybridized carbons (Fsp3) is 0.471. The van der Waals surface area contributed by atoms with Crippen LogP contribution in [-0.2, 0) is 11.8 Å².